The second kappa shape index (κ2) is 11.0. The van der Waals surface area contributed by atoms with Crippen molar-refractivity contribution >= 4 is 17.2 Å². The van der Waals surface area contributed by atoms with E-state index in [1.54, 1.807) is 12.4 Å². The standard InChI is InChI=1S/C29H30N8O4/c1-3-22(4-2)34-17-21(15-31-34)28-26-12-13-30-36(26)18-24(33-28)20-14-32-35(16-20)25-6-5-7-27(25)41-29(38)19-8-10-23(11-9-19)37(39)40/h8-18,22,25,27H,3-7H2,1-2H3. The van der Waals surface area contributed by atoms with E-state index in [1.165, 1.54) is 24.3 Å². The van der Waals surface area contributed by atoms with Crippen LogP contribution < -0.4 is 0 Å². The van der Waals surface area contributed by atoms with E-state index in [0.717, 1.165) is 53.7 Å². The highest BCUT2D eigenvalue weighted by molar-refractivity contribution is 5.89. The van der Waals surface area contributed by atoms with Gasteiger partial charge in [0.1, 0.15) is 6.10 Å². The molecule has 6 rings (SSSR count). The Kier molecular flexibility index (Phi) is 7.04. The predicted octanol–water partition coefficient (Wildman–Crippen LogP) is 5.68. The van der Waals surface area contributed by atoms with Gasteiger partial charge in [-0.15, -0.1) is 0 Å². The molecule has 4 heterocycles. The molecule has 0 N–H and O–H groups in total. The summed E-state index contributed by atoms with van der Waals surface area (Å²) < 4.78 is 11.5. The Morgan fingerprint density at radius 3 is 2.56 bits per heavy atom. The molecule has 0 bridgehead atoms. The molecule has 2 atom stereocenters. The summed E-state index contributed by atoms with van der Waals surface area (Å²) in [6.07, 6.45) is 15.3. The molecule has 1 aliphatic carbocycles. The molecule has 210 valence electrons. The Balaban J connectivity index is 1.25. The molecule has 1 aromatic carbocycles. The molecular weight excluding hydrogens is 524 g/mol. The van der Waals surface area contributed by atoms with Gasteiger partial charge in [-0.25, -0.2) is 14.3 Å². The van der Waals surface area contributed by atoms with E-state index in [-0.39, 0.29) is 23.4 Å². The largest absolute Gasteiger partial charge is 0.457 e. The minimum absolute atomic E-state index is 0.0747. The lowest BCUT2D eigenvalue weighted by molar-refractivity contribution is -0.384. The maximum atomic E-state index is 12.8. The molecule has 0 aliphatic heterocycles. The molecule has 12 heteroatoms. The molecule has 5 aromatic rings. The van der Waals surface area contributed by atoms with Gasteiger partial charge in [0.05, 0.1) is 64.3 Å². The highest BCUT2D eigenvalue weighted by Gasteiger charge is 2.33. The summed E-state index contributed by atoms with van der Waals surface area (Å²) in [6.45, 7) is 4.32. The van der Waals surface area contributed by atoms with Crippen molar-refractivity contribution in [2.45, 2.75) is 64.1 Å². The molecule has 12 nitrogen and oxygen atoms in total. The Labute approximate surface area is 235 Å². The number of carbonyl (C=O) groups excluding carboxylic acids is 1. The van der Waals surface area contributed by atoms with Gasteiger partial charge in [0.25, 0.3) is 5.69 Å². The number of non-ortho nitro benzene ring substituents is 1. The van der Waals surface area contributed by atoms with Crippen LogP contribution in [0.25, 0.3) is 28.0 Å². The smallest absolute Gasteiger partial charge is 0.338 e. The molecule has 1 fully saturated rings. The first kappa shape index (κ1) is 26.4. The van der Waals surface area contributed by atoms with Gasteiger partial charge >= 0.3 is 5.97 Å². The number of rotatable bonds is 9. The van der Waals surface area contributed by atoms with Gasteiger partial charge in [0, 0.05) is 35.7 Å². The van der Waals surface area contributed by atoms with Crippen molar-refractivity contribution < 1.29 is 14.5 Å². The minimum atomic E-state index is -0.506. The van der Waals surface area contributed by atoms with E-state index in [0.29, 0.717) is 12.5 Å². The second-order valence-corrected chi connectivity index (χ2v) is 10.3. The quantitative estimate of drug-likeness (QED) is 0.129. The first-order valence-electron chi connectivity index (χ1n) is 13.8. The van der Waals surface area contributed by atoms with Gasteiger partial charge in [-0.05, 0) is 50.3 Å². The number of nitrogens with zero attached hydrogens (tertiary/aromatic N) is 8. The third-order valence-electron chi connectivity index (χ3n) is 7.81. The normalized spacial score (nSPS) is 17.0. The Morgan fingerprint density at radius 2 is 1.80 bits per heavy atom. The Bertz CT molecular complexity index is 1700. The number of hydrogen-bond acceptors (Lipinski definition) is 8. The molecule has 0 saturated heterocycles. The lowest BCUT2D eigenvalue weighted by Crippen LogP contribution is -2.25. The molecule has 2 unspecified atom stereocenters. The number of fused-ring (bicyclic) bond motifs is 1. The van der Waals surface area contributed by atoms with Crippen molar-refractivity contribution in [3.63, 3.8) is 0 Å². The highest BCUT2D eigenvalue weighted by Crippen LogP contribution is 2.34. The third-order valence-corrected chi connectivity index (χ3v) is 7.81. The minimum Gasteiger partial charge on any atom is -0.457 e. The predicted molar refractivity (Wildman–Crippen MR) is 150 cm³/mol. The number of nitro benzene ring substituents is 1. The number of esters is 1. The number of aromatic nitrogens is 7. The maximum Gasteiger partial charge on any atom is 0.338 e. The van der Waals surface area contributed by atoms with Crippen LogP contribution >= 0.6 is 0 Å². The summed E-state index contributed by atoms with van der Waals surface area (Å²) >= 11 is 0. The SMILES string of the molecule is CCC(CC)n1cc(-c2nc(-c3cnn(C4CCCC4OC(=O)c4ccc([N+](=O)[O-])cc4)c3)cn3nccc23)cn1. The summed E-state index contributed by atoms with van der Waals surface area (Å²) in [5, 5.41) is 24.6. The summed E-state index contributed by atoms with van der Waals surface area (Å²) in [5.41, 5.74) is 4.35. The number of carbonyl (C=O) groups is 1. The van der Waals surface area contributed by atoms with E-state index in [2.05, 4.69) is 29.1 Å². The molecule has 1 saturated carbocycles. The van der Waals surface area contributed by atoms with Gasteiger partial charge in [0.15, 0.2) is 0 Å². The van der Waals surface area contributed by atoms with Crippen LogP contribution in [-0.2, 0) is 4.74 Å². The Hall–Kier alpha value is -4.87. The van der Waals surface area contributed by atoms with Crippen LogP contribution in [0.3, 0.4) is 0 Å². The van der Waals surface area contributed by atoms with Crippen LogP contribution in [0.5, 0.6) is 0 Å². The second-order valence-electron chi connectivity index (χ2n) is 10.3. The molecule has 41 heavy (non-hydrogen) atoms. The van der Waals surface area contributed by atoms with Crippen molar-refractivity contribution in [3.8, 4) is 22.5 Å². The van der Waals surface area contributed by atoms with E-state index < -0.39 is 10.9 Å². The molecule has 0 amide bonds. The number of benzene rings is 1. The fraction of sp³-hybridized carbons (Fsp3) is 0.345. The van der Waals surface area contributed by atoms with Crippen molar-refractivity contribution in [1.29, 1.82) is 0 Å². The Morgan fingerprint density at radius 1 is 1.02 bits per heavy atom. The topological polar surface area (TPSA) is 135 Å². The third kappa shape index (κ3) is 5.08. The first-order chi connectivity index (χ1) is 19.9. The monoisotopic (exact) mass is 554 g/mol. The summed E-state index contributed by atoms with van der Waals surface area (Å²) in [4.78, 5) is 28.2. The van der Waals surface area contributed by atoms with Crippen LogP contribution in [0.4, 0.5) is 5.69 Å². The lowest BCUT2D eigenvalue weighted by atomic mass is 10.1. The van der Waals surface area contributed by atoms with Crippen LogP contribution in [0.15, 0.2) is 67.5 Å². The van der Waals surface area contributed by atoms with E-state index >= 15 is 0 Å². The zero-order chi connectivity index (χ0) is 28.5. The van der Waals surface area contributed by atoms with Crippen molar-refractivity contribution in [1.82, 2.24) is 34.2 Å². The summed E-state index contributed by atoms with van der Waals surface area (Å²) in [5.74, 6) is -0.506. The van der Waals surface area contributed by atoms with Crippen LogP contribution in [0.1, 0.15) is 68.4 Å². The van der Waals surface area contributed by atoms with E-state index in [9.17, 15) is 14.9 Å². The molecular formula is C29H30N8O4. The summed E-state index contributed by atoms with van der Waals surface area (Å²) in [7, 11) is 0. The van der Waals surface area contributed by atoms with Crippen LogP contribution in [0, 0.1) is 10.1 Å². The molecule has 0 radical (unpaired) electrons. The maximum absolute atomic E-state index is 12.8. The highest BCUT2D eigenvalue weighted by atomic mass is 16.6. The molecule has 4 aromatic heterocycles. The van der Waals surface area contributed by atoms with Crippen LogP contribution in [-0.4, -0.2) is 51.2 Å². The van der Waals surface area contributed by atoms with Crippen LogP contribution in [0.2, 0.25) is 0 Å². The zero-order valence-corrected chi connectivity index (χ0v) is 22.8. The summed E-state index contributed by atoms with van der Waals surface area (Å²) in [6, 6.07) is 7.58. The average Bonchev–Trinajstić information content (AvgIpc) is 3.80. The number of nitro groups is 1. The van der Waals surface area contributed by atoms with Crippen molar-refractivity contribution in [3.05, 3.63) is 83.2 Å². The van der Waals surface area contributed by atoms with E-state index in [1.807, 2.05) is 44.7 Å². The molecule has 0 spiro atoms. The molecule has 1 aliphatic rings. The van der Waals surface area contributed by atoms with Crippen molar-refractivity contribution in [2.75, 3.05) is 0 Å². The number of hydrogen-bond donors (Lipinski definition) is 0. The van der Waals surface area contributed by atoms with Gasteiger partial charge in [0.2, 0.25) is 0 Å². The van der Waals surface area contributed by atoms with Gasteiger partial charge in [-0.1, -0.05) is 13.8 Å². The fourth-order valence-corrected chi connectivity index (χ4v) is 5.52. The van der Waals surface area contributed by atoms with Gasteiger partial charge < -0.3 is 4.74 Å². The number of ether oxygens (including phenoxy) is 1. The zero-order valence-electron chi connectivity index (χ0n) is 22.8. The van der Waals surface area contributed by atoms with Gasteiger partial charge in [-0.2, -0.15) is 15.3 Å². The lowest BCUT2D eigenvalue weighted by Gasteiger charge is -2.20. The average molecular weight is 555 g/mol. The fourth-order valence-electron chi connectivity index (χ4n) is 5.52. The van der Waals surface area contributed by atoms with Gasteiger partial charge in [-0.3, -0.25) is 19.5 Å². The van der Waals surface area contributed by atoms with Crippen molar-refractivity contribution in [2.24, 2.45) is 0 Å². The van der Waals surface area contributed by atoms with E-state index in [4.69, 9.17) is 9.72 Å². The first-order valence-corrected chi connectivity index (χ1v) is 13.8.